The van der Waals surface area contributed by atoms with Crippen LogP contribution in [-0.4, -0.2) is 16.7 Å². The van der Waals surface area contributed by atoms with Crippen LogP contribution in [0.5, 0.6) is 0 Å². The summed E-state index contributed by atoms with van der Waals surface area (Å²) in [6, 6.07) is 1.82. The summed E-state index contributed by atoms with van der Waals surface area (Å²) in [7, 11) is 0. The standard InChI is InChI=1S/C12H18ClN3/c1-12(5-3-2-4-6-12)9-14-10-7-11(13)16-15-8-10/h7-8H,2-6,9H2,1H3,(H,14,16). The second-order valence-corrected chi connectivity index (χ2v) is 5.38. The van der Waals surface area contributed by atoms with Crippen molar-refractivity contribution in [2.45, 2.75) is 39.0 Å². The highest BCUT2D eigenvalue weighted by molar-refractivity contribution is 6.29. The molecule has 0 radical (unpaired) electrons. The van der Waals surface area contributed by atoms with Crippen molar-refractivity contribution in [2.24, 2.45) is 5.41 Å². The maximum Gasteiger partial charge on any atom is 0.153 e. The topological polar surface area (TPSA) is 37.8 Å². The van der Waals surface area contributed by atoms with Crippen LogP contribution in [-0.2, 0) is 0 Å². The molecule has 1 N–H and O–H groups in total. The van der Waals surface area contributed by atoms with E-state index in [1.165, 1.54) is 32.1 Å². The molecule has 2 rings (SSSR count). The van der Waals surface area contributed by atoms with Crippen LogP contribution in [0.2, 0.25) is 5.15 Å². The average molecular weight is 240 g/mol. The minimum atomic E-state index is 0.425. The first-order valence-electron chi connectivity index (χ1n) is 5.90. The molecule has 88 valence electrons. The van der Waals surface area contributed by atoms with Crippen LogP contribution < -0.4 is 5.32 Å². The summed E-state index contributed by atoms with van der Waals surface area (Å²) in [5, 5.41) is 11.4. The fourth-order valence-corrected chi connectivity index (χ4v) is 2.50. The van der Waals surface area contributed by atoms with E-state index in [1.807, 2.05) is 6.07 Å². The van der Waals surface area contributed by atoms with E-state index in [-0.39, 0.29) is 0 Å². The van der Waals surface area contributed by atoms with Crippen molar-refractivity contribution >= 4 is 17.3 Å². The first-order valence-corrected chi connectivity index (χ1v) is 6.28. The van der Waals surface area contributed by atoms with Gasteiger partial charge in [-0.25, -0.2) is 0 Å². The van der Waals surface area contributed by atoms with Crippen LogP contribution in [0.15, 0.2) is 12.3 Å². The van der Waals surface area contributed by atoms with Gasteiger partial charge in [0, 0.05) is 12.6 Å². The lowest BCUT2D eigenvalue weighted by Gasteiger charge is -2.33. The molecule has 0 atom stereocenters. The van der Waals surface area contributed by atoms with Crippen molar-refractivity contribution in [3.8, 4) is 0 Å². The summed E-state index contributed by atoms with van der Waals surface area (Å²) in [5.41, 5.74) is 1.39. The summed E-state index contributed by atoms with van der Waals surface area (Å²) in [5.74, 6) is 0. The third-order valence-corrected chi connectivity index (χ3v) is 3.59. The largest absolute Gasteiger partial charge is 0.383 e. The zero-order valence-electron chi connectivity index (χ0n) is 9.67. The van der Waals surface area contributed by atoms with Gasteiger partial charge in [0.05, 0.1) is 11.9 Å². The molecule has 0 aromatic carbocycles. The van der Waals surface area contributed by atoms with E-state index >= 15 is 0 Å². The third-order valence-electron chi connectivity index (χ3n) is 3.40. The molecule has 0 aliphatic heterocycles. The maximum absolute atomic E-state index is 5.79. The number of rotatable bonds is 3. The Morgan fingerprint density at radius 1 is 1.38 bits per heavy atom. The summed E-state index contributed by atoms with van der Waals surface area (Å²) in [6.07, 6.45) is 8.44. The SMILES string of the molecule is CC1(CNc2cnnc(Cl)c2)CCCCC1. The van der Waals surface area contributed by atoms with E-state index in [1.54, 1.807) is 6.20 Å². The highest BCUT2D eigenvalue weighted by Crippen LogP contribution is 2.35. The number of halogens is 1. The van der Waals surface area contributed by atoms with E-state index in [2.05, 4.69) is 22.4 Å². The molecule has 1 saturated carbocycles. The second-order valence-electron chi connectivity index (χ2n) is 4.99. The number of nitrogens with zero attached hydrogens (tertiary/aromatic N) is 2. The second kappa shape index (κ2) is 5.00. The molecule has 0 unspecified atom stereocenters. The Hall–Kier alpha value is -0.830. The number of hydrogen-bond donors (Lipinski definition) is 1. The van der Waals surface area contributed by atoms with Crippen molar-refractivity contribution in [3.63, 3.8) is 0 Å². The molecular weight excluding hydrogens is 222 g/mol. The molecule has 3 nitrogen and oxygen atoms in total. The van der Waals surface area contributed by atoms with Crippen LogP contribution in [0.3, 0.4) is 0 Å². The minimum Gasteiger partial charge on any atom is -0.383 e. The van der Waals surface area contributed by atoms with Crippen LogP contribution in [0.1, 0.15) is 39.0 Å². The summed E-state index contributed by atoms with van der Waals surface area (Å²) in [6.45, 7) is 3.35. The molecule has 0 amide bonds. The first kappa shape index (κ1) is 11.6. The molecule has 16 heavy (non-hydrogen) atoms. The number of nitrogens with one attached hydrogen (secondary N) is 1. The molecule has 0 spiro atoms. The van der Waals surface area contributed by atoms with Crippen molar-refractivity contribution in [3.05, 3.63) is 17.4 Å². The number of anilines is 1. The van der Waals surface area contributed by atoms with Gasteiger partial charge in [-0.05, 0) is 18.3 Å². The van der Waals surface area contributed by atoms with Crippen molar-refractivity contribution in [1.29, 1.82) is 0 Å². The first-order chi connectivity index (χ1) is 7.68. The summed E-state index contributed by atoms with van der Waals surface area (Å²) in [4.78, 5) is 0. The van der Waals surface area contributed by atoms with Crippen molar-refractivity contribution in [1.82, 2.24) is 10.2 Å². The lowest BCUT2D eigenvalue weighted by atomic mass is 9.76. The fraction of sp³-hybridized carbons (Fsp3) is 0.667. The smallest absolute Gasteiger partial charge is 0.153 e. The minimum absolute atomic E-state index is 0.425. The zero-order valence-corrected chi connectivity index (χ0v) is 10.4. The van der Waals surface area contributed by atoms with E-state index < -0.39 is 0 Å². The lowest BCUT2D eigenvalue weighted by molar-refractivity contribution is 0.233. The Bertz CT molecular complexity index is 348. The zero-order chi connectivity index (χ0) is 11.4. The maximum atomic E-state index is 5.79. The molecular formula is C12H18ClN3. The van der Waals surface area contributed by atoms with Crippen LogP contribution in [0.25, 0.3) is 0 Å². The van der Waals surface area contributed by atoms with Gasteiger partial charge in [0.15, 0.2) is 5.15 Å². The molecule has 1 aromatic heterocycles. The highest BCUT2D eigenvalue weighted by atomic mass is 35.5. The van der Waals surface area contributed by atoms with Crippen LogP contribution >= 0.6 is 11.6 Å². The van der Waals surface area contributed by atoms with Gasteiger partial charge in [-0.15, -0.1) is 5.10 Å². The van der Waals surface area contributed by atoms with Gasteiger partial charge in [0.1, 0.15) is 0 Å². The molecule has 1 aliphatic carbocycles. The fourth-order valence-electron chi connectivity index (χ4n) is 2.33. The third kappa shape index (κ3) is 3.08. The van der Waals surface area contributed by atoms with E-state index in [9.17, 15) is 0 Å². The number of aromatic nitrogens is 2. The van der Waals surface area contributed by atoms with Gasteiger partial charge in [0.2, 0.25) is 0 Å². The van der Waals surface area contributed by atoms with E-state index in [0.717, 1.165) is 12.2 Å². The normalized spacial score (nSPS) is 19.4. The molecule has 0 saturated heterocycles. The average Bonchev–Trinajstić information content (AvgIpc) is 2.28. The molecule has 1 aliphatic rings. The van der Waals surface area contributed by atoms with Gasteiger partial charge >= 0.3 is 0 Å². The van der Waals surface area contributed by atoms with E-state index in [0.29, 0.717) is 10.6 Å². The van der Waals surface area contributed by atoms with Crippen LogP contribution in [0.4, 0.5) is 5.69 Å². The predicted octanol–water partition coefficient (Wildman–Crippen LogP) is 3.51. The van der Waals surface area contributed by atoms with Gasteiger partial charge in [-0.1, -0.05) is 37.8 Å². The highest BCUT2D eigenvalue weighted by Gasteiger charge is 2.26. The monoisotopic (exact) mass is 239 g/mol. The summed E-state index contributed by atoms with van der Waals surface area (Å²) >= 11 is 5.79. The van der Waals surface area contributed by atoms with Gasteiger partial charge < -0.3 is 5.32 Å². The van der Waals surface area contributed by atoms with E-state index in [4.69, 9.17) is 11.6 Å². The van der Waals surface area contributed by atoms with Gasteiger partial charge in [-0.2, -0.15) is 5.10 Å². The van der Waals surface area contributed by atoms with Gasteiger partial charge in [-0.3, -0.25) is 0 Å². The Morgan fingerprint density at radius 2 is 2.12 bits per heavy atom. The molecule has 1 aromatic rings. The summed E-state index contributed by atoms with van der Waals surface area (Å²) < 4.78 is 0. The van der Waals surface area contributed by atoms with Crippen molar-refractivity contribution < 1.29 is 0 Å². The molecule has 4 heteroatoms. The molecule has 1 fully saturated rings. The Kier molecular flexibility index (Phi) is 3.64. The molecule has 0 bridgehead atoms. The van der Waals surface area contributed by atoms with Gasteiger partial charge in [0.25, 0.3) is 0 Å². The lowest BCUT2D eigenvalue weighted by Crippen LogP contribution is -2.28. The number of hydrogen-bond acceptors (Lipinski definition) is 3. The van der Waals surface area contributed by atoms with Crippen LogP contribution in [0, 0.1) is 5.41 Å². The Balaban J connectivity index is 1.91. The molecule has 1 heterocycles. The Labute approximate surface area is 102 Å². The van der Waals surface area contributed by atoms with Crippen molar-refractivity contribution in [2.75, 3.05) is 11.9 Å². The quantitative estimate of drug-likeness (QED) is 0.877. The Morgan fingerprint density at radius 3 is 2.81 bits per heavy atom. The predicted molar refractivity (Wildman–Crippen MR) is 66.7 cm³/mol.